The smallest absolute Gasteiger partial charge is 0.253 e. The fraction of sp³-hybridized carbons (Fsp3) is 0.263. The molecular weight excluding hydrogens is 359 g/mol. The van der Waals surface area contributed by atoms with Gasteiger partial charge >= 0.3 is 0 Å². The zero-order valence-corrected chi connectivity index (χ0v) is 15.1. The molecular formula is C19H18Cl2N2O2. The van der Waals surface area contributed by atoms with Gasteiger partial charge in [0, 0.05) is 29.6 Å². The molecule has 130 valence electrons. The van der Waals surface area contributed by atoms with Gasteiger partial charge in [-0.25, -0.2) is 0 Å². The molecule has 1 saturated heterocycles. The average Bonchev–Trinajstić information content (AvgIpc) is 2.63. The molecule has 3 rings (SSSR count). The number of benzene rings is 2. The molecule has 2 aromatic carbocycles. The van der Waals surface area contributed by atoms with Crippen LogP contribution in [0.25, 0.3) is 0 Å². The maximum atomic E-state index is 12.5. The standard InChI is InChI=1S/C19H18Cl2N2O2/c20-15-5-3-4-14(12-15)19(25)23-10-8-13(9-11-23)18(24)22-17-7-2-1-6-16(17)21/h1-7,12-13H,8-11H2,(H,22,24). The number of nitrogens with one attached hydrogen (secondary N) is 1. The van der Waals surface area contributed by atoms with Crippen LogP contribution >= 0.6 is 23.2 Å². The van der Waals surface area contributed by atoms with Crippen molar-refractivity contribution in [3.05, 3.63) is 64.1 Å². The number of carbonyl (C=O) groups excluding carboxylic acids is 2. The summed E-state index contributed by atoms with van der Waals surface area (Å²) in [6.07, 6.45) is 1.26. The molecule has 1 aliphatic rings. The Hall–Kier alpha value is -2.04. The number of likely N-dealkylation sites (tertiary alicyclic amines) is 1. The summed E-state index contributed by atoms with van der Waals surface area (Å²) in [7, 11) is 0. The summed E-state index contributed by atoms with van der Waals surface area (Å²) in [6, 6.07) is 14.1. The van der Waals surface area contributed by atoms with Gasteiger partial charge < -0.3 is 10.2 Å². The lowest BCUT2D eigenvalue weighted by Crippen LogP contribution is -2.41. The molecule has 0 spiro atoms. The molecule has 1 aliphatic heterocycles. The largest absolute Gasteiger partial charge is 0.339 e. The normalized spacial score (nSPS) is 15.0. The minimum atomic E-state index is -0.125. The lowest BCUT2D eigenvalue weighted by atomic mass is 9.95. The van der Waals surface area contributed by atoms with Crippen LogP contribution in [0.1, 0.15) is 23.2 Å². The third-order valence-electron chi connectivity index (χ3n) is 4.36. The molecule has 2 amide bonds. The topological polar surface area (TPSA) is 49.4 Å². The molecule has 0 unspecified atom stereocenters. The first-order valence-electron chi connectivity index (χ1n) is 8.15. The van der Waals surface area contributed by atoms with E-state index in [0.29, 0.717) is 47.2 Å². The number of nitrogens with zero attached hydrogens (tertiary/aromatic N) is 1. The van der Waals surface area contributed by atoms with Crippen LogP contribution in [0.3, 0.4) is 0 Å². The summed E-state index contributed by atoms with van der Waals surface area (Å²) < 4.78 is 0. The van der Waals surface area contributed by atoms with Crippen molar-refractivity contribution in [1.82, 2.24) is 4.90 Å². The molecule has 0 saturated carbocycles. The maximum absolute atomic E-state index is 12.5. The van der Waals surface area contributed by atoms with Crippen LogP contribution in [-0.4, -0.2) is 29.8 Å². The summed E-state index contributed by atoms with van der Waals surface area (Å²) in [5, 5.41) is 3.93. The molecule has 25 heavy (non-hydrogen) atoms. The second-order valence-electron chi connectivity index (χ2n) is 6.05. The maximum Gasteiger partial charge on any atom is 0.253 e. The van der Waals surface area contributed by atoms with Gasteiger partial charge in [-0.3, -0.25) is 9.59 Å². The number of carbonyl (C=O) groups is 2. The summed E-state index contributed by atoms with van der Waals surface area (Å²) in [5.41, 5.74) is 1.19. The van der Waals surface area contributed by atoms with E-state index in [2.05, 4.69) is 5.32 Å². The van der Waals surface area contributed by atoms with Crippen molar-refractivity contribution in [2.75, 3.05) is 18.4 Å². The molecule has 1 N–H and O–H groups in total. The van der Waals surface area contributed by atoms with Gasteiger partial charge in [0.2, 0.25) is 5.91 Å². The SMILES string of the molecule is O=C(Nc1ccccc1Cl)C1CCN(C(=O)c2cccc(Cl)c2)CC1. The lowest BCUT2D eigenvalue weighted by molar-refractivity contribution is -0.121. The van der Waals surface area contributed by atoms with E-state index in [1.807, 2.05) is 12.1 Å². The lowest BCUT2D eigenvalue weighted by Gasteiger charge is -2.31. The highest BCUT2D eigenvalue weighted by molar-refractivity contribution is 6.33. The van der Waals surface area contributed by atoms with Gasteiger partial charge in [0.25, 0.3) is 5.91 Å². The van der Waals surface area contributed by atoms with Crippen LogP contribution in [0.4, 0.5) is 5.69 Å². The monoisotopic (exact) mass is 376 g/mol. The fourth-order valence-electron chi connectivity index (χ4n) is 2.95. The second kappa shape index (κ2) is 7.89. The molecule has 0 bridgehead atoms. The fourth-order valence-corrected chi connectivity index (χ4v) is 3.32. The van der Waals surface area contributed by atoms with Crippen molar-refractivity contribution in [3.8, 4) is 0 Å². The van der Waals surface area contributed by atoms with E-state index in [0.717, 1.165) is 0 Å². The van der Waals surface area contributed by atoms with Gasteiger partial charge in [-0.05, 0) is 43.2 Å². The first-order chi connectivity index (χ1) is 12.0. The zero-order valence-electron chi connectivity index (χ0n) is 13.5. The third-order valence-corrected chi connectivity index (χ3v) is 4.92. The summed E-state index contributed by atoms with van der Waals surface area (Å²) in [6.45, 7) is 1.10. The predicted molar refractivity (Wildman–Crippen MR) is 100 cm³/mol. The number of hydrogen-bond donors (Lipinski definition) is 1. The Balaban J connectivity index is 1.57. The van der Waals surface area contributed by atoms with E-state index in [-0.39, 0.29) is 17.7 Å². The van der Waals surface area contributed by atoms with Gasteiger partial charge in [-0.2, -0.15) is 0 Å². The highest BCUT2D eigenvalue weighted by Crippen LogP contribution is 2.25. The molecule has 0 aromatic heterocycles. The van der Waals surface area contributed by atoms with Gasteiger partial charge in [0.15, 0.2) is 0 Å². The van der Waals surface area contributed by atoms with Crippen molar-refractivity contribution in [2.24, 2.45) is 5.92 Å². The van der Waals surface area contributed by atoms with E-state index < -0.39 is 0 Å². The molecule has 2 aromatic rings. The molecule has 0 radical (unpaired) electrons. The van der Waals surface area contributed by atoms with Gasteiger partial charge in [0.1, 0.15) is 0 Å². The highest BCUT2D eigenvalue weighted by Gasteiger charge is 2.28. The first-order valence-corrected chi connectivity index (χ1v) is 8.90. The quantitative estimate of drug-likeness (QED) is 0.857. The number of amides is 2. The summed E-state index contributed by atoms with van der Waals surface area (Å²) in [5.74, 6) is -0.227. The van der Waals surface area contributed by atoms with Crippen LogP contribution in [0.5, 0.6) is 0 Å². The Kier molecular flexibility index (Phi) is 5.61. The Morgan fingerprint density at radius 1 is 1.00 bits per heavy atom. The Labute approximate surface area is 156 Å². The van der Waals surface area contributed by atoms with Crippen molar-refractivity contribution in [3.63, 3.8) is 0 Å². The van der Waals surface area contributed by atoms with Crippen LogP contribution in [0.2, 0.25) is 10.0 Å². The van der Waals surface area contributed by atoms with E-state index in [9.17, 15) is 9.59 Å². The van der Waals surface area contributed by atoms with Gasteiger partial charge in [-0.15, -0.1) is 0 Å². The summed E-state index contributed by atoms with van der Waals surface area (Å²) >= 11 is 12.0. The molecule has 1 fully saturated rings. The predicted octanol–water partition coefficient (Wildman–Crippen LogP) is 4.48. The molecule has 4 nitrogen and oxygen atoms in total. The Bertz CT molecular complexity index is 786. The summed E-state index contributed by atoms with van der Waals surface area (Å²) in [4.78, 5) is 26.7. The number of halogens is 2. The molecule has 0 atom stereocenters. The van der Waals surface area contributed by atoms with Gasteiger partial charge in [-0.1, -0.05) is 41.4 Å². The van der Waals surface area contributed by atoms with Crippen molar-refractivity contribution in [2.45, 2.75) is 12.8 Å². The Morgan fingerprint density at radius 2 is 1.72 bits per heavy atom. The minimum Gasteiger partial charge on any atom is -0.339 e. The van der Waals surface area contributed by atoms with E-state index in [4.69, 9.17) is 23.2 Å². The van der Waals surface area contributed by atoms with Crippen LogP contribution in [0.15, 0.2) is 48.5 Å². The number of piperidine rings is 1. The first kappa shape index (κ1) is 17.8. The molecule has 6 heteroatoms. The van der Waals surface area contributed by atoms with E-state index >= 15 is 0 Å². The third kappa shape index (κ3) is 4.33. The van der Waals surface area contributed by atoms with Crippen LogP contribution in [0, 0.1) is 5.92 Å². The van der Waals surface area contributed by atoms with Crippen molar-refractivity contribution in [1.29, 1.82) is 0 Å². The molecule has 0 aliphatic carbocycles. The van der Waals surface area contributed by atoms with Crippen LogP contribution < -0.4 is 5.32 Å². The average molecular weight is 377 g/mol. The minimum absolute atomic E-state index is 0.0486. The van der Waals surface area contributed by atoms with Crippen molar-refractivity contribution >= 4 is 40.7 Å². The number of hydrogen-bond acceptors (Lipinski definition) is 2. The van der Waals surface area contributed by atoms with E-state index in [1.54, 1.807) is 41.3 Å². The zero-order chi connectivity index (χ0) is 17.8. The van der Waals surface area contributed by atoms with Gasteiger partial charge in [0.05, 0.1) is 10.7 Å². The van der Waals surface area contributed by atoms with E-state index in [1.165, 1.54) is 0 Å². The molecule has 1 heterocycles. The van der Waals surface area contributed by atoms with Crippen LogP contribution in [-0.2, 0) is 4.79 Å². The number of anilines is 1. The number of rotatable bonds is 3. The number of para-hydroxylation sites is 1. The Morgan fingerprint density at radius 3 is 2.40 bits per heavy atom. The highest BCUT2D eigenvalue weighted by atomic mass is 35.5. The second-order valence-corrected chi connectivity index (χ2v) is 6.89. The van der Waals surface area contributed by atoms with Crippen molar-refractivity contribution < 1.29 is 9.59 Å².